The number of sulfonamides is 1. The van der Waals surface area contributed by atoms with Gasteiger partial charge in [0.25, 0.3) is 0 Å². The van der Waals surface area contributed by atoms with Crippen molar-refractivity contribution in [1.82, 2.24) is 5.32 Å². The van der Waals surface area contributed by atoms with E-state index in [1.165, 1.54) is 0 Å². The molecule has 1 fully saturated rings. The lowest BCUT2D eigenvalue weighted by Gasteiger charge is -2.28. The van der Waals surface area contributed by atoms with Crippen molar-refractivity contribution in [2.24, 2.45) is 0 Å². The molecule has 0 bridgehead atoms. The molecule has 0 radical (unpaired) electrons. The van der Waals surface area contributed by atoms with Gasteiger partial charge in [0.1, 0.15) is 0 Å². The second-order valence-electron chi connectivity index (χ2n) is 4.92. The van der Waals surface area contributed by atoms with Crippen molar-refractivity contribution in [2.75, 3.05) is 54.8 Å². The zero-order chi connectivity index (χ0) is 15.1. The molecule has 6 nitrogen and oxygen atoms in total. The molecular weight excluding hydrogens is 290 g/mol. The summed E-state index contributed by atoms with van der Waals surface area (Å²) in [6, 6.07) is 7.48. The minimum Gasteiger partial charge on any atom is -0.378 e. The zero-order valence-electron chi connectivity index (χ0n) is 12.3. The molecule has 2 N–H and O–H groups in total. The summed E-state index contributed by atoms with van der Waals surface area (Å²) >= 11 is 0. The van der Waals surface area contributed by atoms with Crippen LogP contribution >= 0.6 is 0 Å². The molecule has 118 valence electrons. The van der Waals surface area contributed by atoms with Crippen molar-refractivity contribution in [2.45, 2.75) is 6.92 Å². The zero-order valence-corrected chi connectivity index (χ0v) is 13.2. The van der Waals surface area contributed by atoms with Gasteiger partial charge in [-0.05, 0) is 30.8 Å². The molecule has 0 saturated carbocycles. The van der Waals surface area contributed by atoms with E-state index in [1.54, 1.807) is 12.1 Å². The fourth-order valence-electron chi connectivity index (χ4n) is 2.18. The highest BCUT2D eigenvalue weighted by Gasteiger charge is 2.12. The largest absolute Gasteiger partial charge is 0.378 e. The van der Waals surface area contributed by atoms with E-state index in [2.05, 4.69) is 14.9 Å². The molecule has 1 saturated heterocycles. The molecule has 0 aromatic heterocycles. The monoisotopic (exact) mass is 313 g/mol. The first kappa shape index (κ1) is 16.1. The van der Waals surface area contributed by atoms with E-state index in [4.69, 9.17) is 4.74 Å². The summed E-state index contributed by atoms with van der Waals surface area (Å²) in [4.78, 5) is 2.23. The van der Waals surface area contributed by atoms with Crippen LogP contribution in [0.15, 0.2) is 24.3 Å². The Morgan fingerprint density at radius 3 is 2.48 bits per heavy atom. The molecular formula is C14H23N3O3S. The molecule has 1 heterocycles. The fraction of sp³-hybridized carbons (Fsp3) is 0.571. The second-order valence-corrected chi connectivity index (χ2v) is 6.76. The average molecular weight is 313 g/mol. The maximum Gasteiger partial charge on any atom is 0.233 e. The highest BCUT2D eigenvalue weighted by atomic mass is 32.2. The standard InChI is InChI=1S/C14H23N3O3S/c1-2-15-7-12-21(18,19)16-13-3-5-14(6-4-13)17-8-10-20-11-9-17/h3-6,15-16H,2,7-12H2,1H3. The average Bonchev–Trinajstić information content (AvgIpc) is 2.49. The minimum absolute atomic E-state index is 0.0755. The first-order valence-corrected chi connectivity index (χ1v) is 8.90. The van der Waals surface area contributed by atoms with Crippen molar-refractivity contribution >= 4 is 21.4 Å². The molecule has 1 aliphatic heterocycles. The topological polar surface area (TPSA) is 70.7 Å². The molecule has 0 spiro atoms. The third-order valence-corrected chi connectivity index (χ3v) is 4.60. The Kier molecular flexibility index (Phi) is 5.84. The van der Waals surface area contributed by atoms with E-state index < -0.39 is 10.0 Å². The summed E-state index contributed by atoms with van der Waals surface area (Å²) in [5.41, 5.74) is 1.69. The number of hydrogen-bond acceptors (Lipinski definition) is 5. The lowest BCUT2D eigenvalue weighted by Crippen LogP contribution is -2.36. The van der Waals surface area contributed by atoms with Gasteiger partial charge in [-0.2, -0.15) is 0 Å². The third-order valence-electron chi connectivity index (χ3n) is 3.31. The van der Waals surface area contributed by atoms with Gasteiger partial charge in [-0.3, -0.25) is 4.72 Å². The summed E-state index contributed by atoms with van der Waals surface area (Å²) in [6.45, 7) is 6.38. The second kappa shape index (κ2) is 7.63. The number of anilines is 2. The van der Waals surface area contributed by atoms with Crippen LogP contribution < -0.4 is 14.9 Å². The Morgan fingerprint density at radius 2 is 1.86 bits per heavy atom. The normalized spacial score (nSPS) is 16.0. The highest BCUT2D eigenvalue weighted by molar-refractivity contribution is 7.92. The molecule has 1 aromatic carbocycles. The van der Waals surface area contributed by atoms with Gasteiger partial charge < -0.3 is 15.0 Å². The minimum atomic E-state index is -3.29. The third kappa shape index (κ3) is 5.18. The van der Waals surface area contributed by atoms with Gasteiger partial charge in [-0.15, -0.1) is 0 Å². The maximum absolute atomic E-state index is 11.9. The molecule has 0 unspecified atom stereocenters. The molecule has 1 aliphatic rings. The summed E-state index contributed by atoms with van der Waals surface area (Å²) in [5.74, 6) is 0.0755. The Balaban J connectivity index is 1.92. The van der Waals surface area contributed by atoms with Crippen molar-refractivity contribution in [3.63, 3.8) is 0 Å². The Morgan fingerprint density at radius 1 is 1.19 bits per heavy atom. The SMILES string of the molecule is CCNCCS(=O)(=O)Nc1ccc(N2CCOCC2)cc1. The molecule has 7 heteroatoms. The number of nitrogens with zero attached hydrogens (tertiary/aromatic N) is 1. The van der Waals surface area contributed by atoms with Crippen LogP contribution in [0.3, 0.4) is 0 Å². The van der Waals surface area contributed by atoms with Crippen molar-refractivity contribution in [1.29, 1.82) is 0 Å². The molecule has 0 amide bonds. The van der Waals surface area contributed by atoms with Crippen LogP contribution in [0.5, 0.6) is 0 Å². The van der Waals surface area contributed by atoms with Crippen LogP contribution in [0, 0.1) is 0 Å². The quantitative estimate of drug-likeness (QED) is 0.731. The van der Waals surface area contributed by atoms with E-state index in [-0.39, 0.29) is 5.75 Å². The van der Waals surface area contributed by atoms with Gasteiger partial charge >= 0.3 is 0 Å². The molecule has 1 aromatic rings. The van der Waals surface area contributed by atoms with Gasteiger partial charge in [0, 0.05) is 31.0 Å². The van der Waals surface area contributed by atoms with E-state index in [0.717, 1.165) is 38.5 Å². The first-order valence-electron chi connectivity index (χ1n) is 7.25. The predicted octanol–water partition coefficient (Wildman–Crippen LogP) is 0.874. The summed E-state index contributed by atoms with van der Waals surface area (Å²) in [5, 5.41) is 3.00. The lowest BCUT2D eigenvalue weighted by atomic mass is 10.2. The number of nitrogens with one attached hydrogen (secondary N) is 2. The van der Waals surface area contributed by atoms with E-state index >= 15 is 0 Å². The fourth-order valence-corrected chi connectivity index (χ4v) is 3.19. The van der Waals surface area contributed by atoms with Crippen LogP contribution in [0.1, 0.15) is 6.92 Å². The molecule has 2 rings (SSSR count). The van der Waals surface area contributed by atoms with Crippen LogP contribution in [0.4, 0.5) is 11.4 Å². The lowest BCUT2D eigenvalue weighted by molar-refractivity contribution is 0.122. The van der Waals surface area contributed by atoms with E-state index in [1.807, 2.05) is 19.1 Å². The van der Waals surface area contributed by atoms with Crippen LogP contribution in [0.2, 0.25) is 0 Å². The first-order chi connectivity index (χ1) is 10.1. The molecule has 0 atom stereocenters. The van der Waals surface area contributed by atoms with Gasteiger partial charge in [-0.25, -0.2) is 8.42 Å². The van der Waals surface area contributed by atoms with E-state index in [0.29, 0.717) is 12.2 Å². The van der Waals surface area contributed by atoms with Gasteiger partial charge in [-0.1, -0.05) is 6.92 Å². The molecule has 0 aliphatic carbocycles. The number of rotatable bonds is 7. The van der Waals surface area contributed by atoms with Crippen LogP contribution in [0.25, 0.3) is 0 Å². The highest BCUT2D eigenvalue weighted by Crippen LogP contribution is 2.19. The summed E-state index contributed by atoms with van der Waals surface area (Å²) in [7, 11) is -3.29. The van der Waals surface area contributed by atoms with Gasteiger partial charge in [0.15, 0.2) is 0 Å². The Labute approximate surface area is 126 Å². The predicted molar refractivity (Wildman–Crippen MR) is 85.4 cm³/mol. The Hall–Kier alpha value is -1.31. The van der Waals surface area contributed by atoms with Crippen LogP contribution in [-0.2, 0) is 14.8 Å². The van der Waals surface area contributed by atoms with Crippen molar-refractivity contribution < 1.29 is 13.2 Å². The van der Waals surface area contributed by atoms with E-state index in [9.17, 15) is 8.42 Å². The van der Waals surface area contributed by atoms with Crippen LogP contribution in [-0.4, -0.2) is 53.6 Å². The van der Waals surface area contributed by atoms with Crippen molar-refractivity contribution in [3.05, 3.63) is 24.3 Å². The van der Waals surface area contributed by atoms with Gasteiger partial charge in [0.05, 0.1) is 19.0 Å². The number of hydrogen-bond donors (Lipinski definition) is 2. The van der Waals surface area contributed by atoms with Crippen molar-refractivity contribution in [3.8, 4) is 0 Å². The maximum atomic E-state index is 11.9. The Bertz CT molecular complexity index is 525. The summed E-state index contributed by atoms with van der Waals surface area (Å²) < 4.78 is 31.7. The number of ether oxygens (including phenoxy) is 1. The number of morpholine rings is 1. The molecule has 21 heavy (non-hydrogen) atoms. The number of benzene rings is 1. The smallest absolute Gasteiger partial charge is 0.233 e. The van der Waals surface area contributed by atoms with Gasteiger partial charge in [0.2, 0.25) is 10.0 Å². The summed E-state index contributed by atoms with van der Waals surface area (Å²) in [6.07, 6.45) is 0.